The van der Waals surface area contributed by atoms with Gasteiger partial charge in [0.2, 0.25) is 0 Å². The van der Waals surface area contributed by atoms with Gasteiger partial charge in [0.15, 0.2) is 6.29 Å². The van der Waals surface area contributed by atoms with E-state index < -0.39 is 6.29 Å². The van der Waals surface area contributed by atoms with Crippen LogP contribution >= 0.6 is 0 Å². The lowest BCUT2D eigenvalue weighted by molar-refractivity contribution is -0.0330. The molecular formula is C25H26N2O5. The van der Waals surface area contributed by atoms with E-state index in [1.165, 1.54) is 7.11 Å². The normalized spacial score (nSPS) is 11.3. The lowest BCUT2D eigenvalue weighted by atomic mass is 10.1. The number of nitrogens with one attached hydrogen (secondary N) is 1. The molecule has 0 heterocycles. The van der Waals surface area contributed by atoms with Gasteiger partial charge >= 0.3 is 0 Å². The second kappa shape index (κ2) is 11.6. The van der Waals surface area contributed by atoms with Gasteiger partial charge in [0.25, 0.3) is 0 Å². The molecule has 3 N–H and O–H groups in total. The highest BCUT2D eigenvalue weighted by atomic mass is 16.6. The van der Waals surface area contributed by atoms with Gasteiger partial charge in [0.05, 0.1) is 11.4 Å². The summed E-state index contributed by atoms with van der Waals surface area (Å²) in [5, 5.41) is 30.3. The first-order valence-corrected chi connectivity index (χ1v) is 10.1. The summed E-state index contributed by atoms with van der Waals surface area (Å²) >= 11 is 0. The second-order valence-corrected chi connectivity index (χ2v) is 7.00. The summed E-state index contributed by atoms with van der Waals surface area (Å²) in [6, 6.07) is 24.2. The first-order chi connectivity index (χ1) is 15.5. The molecule has 3 aromatic rings. The number of rotatable bonds is 11. The Balaban J connectivity index is 1.50. The molecule has 0 fully saturated rings. The van der Waals surface area contributed by atoms with Gasteiger partial charge < -0.3 is 29.9 Å². The number of hydrogen-bond acceptors (Lipinski definition) is 7. The quantitative estimate of drug-likeness (QED) is 0.242. The van der Waals surface area contributed by atoms with E-state index in [1.807, 2.05) is 54.6 Å². The maximum absolute atomic E-state index is 9.18. The summed E-state index contributed by atoms with van der Waals surface area (Å²) in [5.41, 5.74) is 3.40. The van der Waals surface area contributed by atoms with E-state index in [2.05, 4.69) is 5.16 Å². The predicted molar refractivity (Wildman–Crippen MR) is 122 cm³/mol. The van der Waals surface area contributed by atoms with Gasteiger partial charge in [-0.2, -0.15) is 0 Å². The molecule has 0 spiro atoms. The number of benzene rings is 3. The zero-order valence-corrected chi connectivity index (χ0v) is 17.8. The van der Waals surface area contributed by atoms with Crippen LogP contribution in [0.5, 0.6) is 11.5 Å². The molecule has 0 aliphatic rings. The van der Waals surface area contributed by atoms with Crippen LogP contribution in [0.3, 0.4) is 0 Å². The van der Waals surface area contributed by atoms with Crippen LogP contribution < -0.4 is 9.47 Å². The first kappa shape index (κ1) is 23.0. The minimum atomic E-state index is -1.50. The standard InChI is InChI=1S/C25H26N2O5/c1-30-27-24(15-25(28)29)20-9-13-22(14-10-20)31-16-18-7-11-21(12-8-18)32-17-23(26)19-5-3-2-4-6-19/h2-14,25-26,28-29H,15-17H2,1H3/b26-23?,27-24-. The second-order valence-electron chi connectivity index (χ2n) is 7.00. The number of aliphatic hydroxyl groups excluding tert-OH is 1. The molecule has 7 nitrogen and oxygen atoms in total. The van der Waals surface area contributed by atoms with Gasteiger partial charge in [0, 0.05) is 6.42 Å². The van der Waals surface area contributed by atoms with Crippen LogP contribution in [0.15, 0.2) is 84.0 Å². The maximum Gasteiger partial charge on any atom is 0.157 e. The molecule has 3 aromatic carbocycles. The van der Waals surface area contributed by atoms with Gasteiger partial charge in [-0.25, -0.2) is 0 Å². The third-order valence-corrected chi connectivity index (χ3v) is 4.60. The fourth-order valence-electron chi connectivity index (χ4n) is 2.96. The van der Waals surface area contributed by atoms with E-state index in [0.717, 1.165) is 16.7 Å². The smallest absolute Gasteiger partial charge is 0.157 e. The topological polar surface area (TPSA) is 104 Å². The van der Waals surface area contributed by atoms with Crippen LogP contribution in [0.2, 0.25) is 0 Å². The molecule has 0 saturated heterocycles. The van der Waals surface area contributed by atoms with Gasteiger partial charge in [-0.05, 0) is 53.1 Å². The SMILES string of the molecule is CO/N=C(/CC(O)O)c1ccc(OCc2ccc(OCC(=N)c3ccccc3)cc2)cc1. The third-order valence-electron chi connectivity index (χ3n) is 4.60. The number of oxime groups is 1. The third kappa shape index (κ3) is 6.94. The van der Waals surface area contributed by atoms with Crippen LogP contribution in [0.25, 0.3) is 0 Å². The molecule has 166 valence electrons. The Bertz CT molecular complexity index is 1020. The minimum Gasteiger partial charge on any atom is -0.489 e. The van der Waals surface area contributed by atoms with Crippen LogP contribution in [-0.4, -0.2) is 41.6 Å². The number of ether oxygens (including phenoxy) is 2. The molecule has 0 aromatic heterocycles. The van der Waals surface area contributed by atoms with Crippen molar-refractivity contribution in [1.29, 1.82) is 5.41 Å². The van der Waals surface area contributed by atoms with Crippen molar-refractivity contribution >= 4 is 11.4 Å². The van der Waals surface area contributed by atoms with Crippen molar-refractivity contribution in [2.24, 2.45) is 5.16 Å². The monoisotopic (exact) mass is 434 g/mol. The highest BCUT2D eigenvalue weighted by Crippen LogP contribution is 2.18. The van der Waals surface area contributed by atoms with Crippen molar-refractivity contribution in [3.63, 3.8) is 0 Å². The Morgan fingerprint density at radius 2 is 1.47 bits per heavy atom. The average molecular weight is 434 g/mol. The van der Waals surface area contributed by atoms with Crippen LogP contribution in [0.4, 0.5) is 0 Å². The van der Waals surface area contributed by atoms with Crippen molar-refractivity contribution in [3.05, 3.63) is 95.6 Å². The van der Waals surface area contributed by atoms with E-state index in [9.17, 15) is 10.2 Å². The van der Waals surface area contributed by atoms with Crippen LogP contribution in [-0.2, 0) is 11.4 Å². The summed E-state index contributed by atoms with van der Waals surface area (Å²) < 4.78 is 11.5. The zero-order chi connectivity index (χ0) is 22.8. The minimum absolute atomic E-state index is 0.0344. The van der Waals surface area contributed by atoms with Crippen LogP contribution in [0, 0.1) is 5.41 Å². The zero-order valence-electron chi connectivity index (χ0n) is 17.8. The van der Waals surface area contributed by atoms with Gasteiger partial charge in [0.1, 0.15) is 31.8 Å². The molecule has 0 bridgehead atoms. The molecule has 0 aliphatic heterocycles. The fourth-order valence-corrected chi connectivity index (χ4v) is 2.96. The van der Waals surface area contributed by atoms with Crippen molar-refractivity contribution in [2.45, 2.75) is 19.3 Å². The van der Waals surface area contributed by atoms with Crippen molar-refractivity contribution in [1.82, 2.24) is 0 Å². The molecule has 0 amide bonds. The number of aliphatic hydroxyl groups is 2. The van der Waals surface area contributed by atoms with Crippen molar-refractivity contribution in [2.75, 3.05) is 13.7 Å². The van der Waals surface area contributed by atoms with Gasteiger partial charge in [-0.1, -0.05) is 47.6 Å². The molecule has 0 atom stereocenters. The molecule has 0 saturated carbocycles. The van der Waals surface area contributed by atoms with Gasteiger partial charge in [-0.15, -0.1) is 0 Å². The molecule has 32 heavy (non-hydrogen) atoms. The lowest BCUT2D eigenvalue weighted by Crippen LogP contribution is -2.13. The molecular weight excluding hydrogens is 408 g/mol. The predicted octanol–water partition coefficient (Wildman–Crippen LogP) is 3.76. The Labute approximate surface area is 187 Å². The van der Waals surface area contributed by atoms with E-state index in [4.69, 9.17) is 19.7 Å². The summed E-state index contributed by atoms with van der Waals surface area (Å²) in [6.45, 7) is 0.585. The number of hydrogen-bond donors (Lipinski definition) is 3. The summed E-state index contributed by atoms with van der Waals surface area (Å²) in [6.07, 6.45) is -1.54. The average Bonchev–Trinajstić information content (AvgIpc) is 2.82. The Kier molecular flexibility index (Phi) is 8.36. The molecule has 0 unspecified atom stereocenters. The summed E-state index contributed by atoms with van der Waals surface area (Å²) in [4.78, 5) is 4.77. The lowest BCUT2D eigenvalue weighted by Gasteiger charge is -2.11. The summed E-state index contributed by atoms with van der Waals surface area (Å²) in [7, 11) is 1.41. The molecule has 7 heteroatoms. The molecule has 0 radical (unpaired) electrons. The van der Waals surface area contributed by atoms with E-state index in [-0.39, 0.29) is 13.0 Å². The Morgan fingerprint density at radius 1 is 0.844 bits per heavy atom. The van der Waals surface area contributed by atoms with Gasteiger partial charge in [-0.3, -0.25) is 0 Å². The Morgan fingerprint density at radius 3 is 2.09 bits per heavy atom. The molecule has 3 rings (SSSR count). The first-order valence-electron chi connectivity index (χ1n) is 10.1. The van der Waals surface area contributed by atoms with E-state index in [0.29, 0.717) is 29.5 Å². The highest BCUT2D eigenvalue weighted by molar-refractivity contribution is 6.00. The van der Waals surface area contributed by atoms with Crippen LogP contribution in [0.1, 0.15) is 23.1 Å². The van der Waals surface area contributed by atoms with E-state index >= 15 is 0 Å². The largest absolute Gasteiger partial charge is 0.489 e. The van der Waals surface area contributed by atoms with Crippen molar-refractivity contribution < 1.29 is 24.5 Å². The van der Waals surface area contributed by atoms with E-state index in [1.54, 1.807) is 24.3 Å². The molecule has 0 aliphatic carbocycles. The fraction of sp³-hybridized carbons (Fsp3) is 0.200. The maximum atomic E-state index is 9.18. The Hall–Kier alpha value is -3.68. The van der Waals surface area contributed by atoms with Crippen molar-refractivity contribution in [3.8, 4) is 11.5 Å². The summed E-state index contributed by atoms with van der Waals surface area (Å²) in [5.74, 6) is 1.36. The highest BCUT2D eigenvalue weighted by Gasteiger charge is 2.10. The number of nitrogens with zero attached hydrogens (tertiary/aromatic N) is 1.